The molecule has 3 aromatic carbocycles. The number of hydrazone groups is 1. The Hall–Kier alpha value is -4.72. The molecule has 1 aliphatic heterocycles. The molecule has 0 saturated carbocycles. The van der Waals surface area contributed by atoms with E-state index in [1.165, 1.54) is 6.08 Å². The van der Waals surface area contributed by atoms with Gasteiger partial charge in [-0.3, -0.25) is 14.4 Å². The summed E-state index contributed by atoms with van der Waals surface area (Å²) in [6.07, 6.45) is 2.48. The van der Waals surface area contributed by atoms with Gasteiger partial charge in [0.05, 0.1) is 6.21 Å². The van der Waals surface area contributed by atoms with Crippen molar-refractivity contribution in [1.29, 1.82) is 0 Å². The molecule has 164 valence electrons. The molecule has 8 heteroatoms. The smallest absolute Gasteiger partial charge is 0.287 e. The van der Waals surface area contributed by atoms with Crippen molar-refractivity contribution in [2.24, 2.45) is 5.10 Å². The van der Waals surface area contributed by atoms with Crippen LogP contribution in [0.1, 0.15) is 26.3 Å². The number of carbonyl (C=O) groups excluding carboxylic acids is 3. The monoisotopic (exact) mass is 441 g/mol. The second-order valence-electron chi connectivity index (χ2n) is 6.92. The third kappa shape index (κ3) is 5.50. The van der Waals surface area contributed by atoms with E-state index in [1.807, 2.05) is 0 Å². The molecule has 2 N–H and O–H groups in total. The normalized spacial score (nSPS) is 12.4. The summed E-state index contributed by atoms with van der Waals surface area (Å²) >= 11 is 0. The lowest BCUT2D eigenvalue weighted by Crippen LogP contribution is -2.33. The van der Waals surface area contributed by atoms with E-state index in [2.05, 4.69) is 15.8 Å². The first kappa shape index (κ1) is 21.5. The molecular weight excluding hydrogens is 422 g/mol. The van der Waals surface area contributed by atoms with Crippen LogP contribution in [0.3, 0.4) is 0 Å². The van der Waals surface area contributed by atoms with E-state index in [9.17, 15) is 14.4 Å². The first-order chi connectivity index (χ1) is 16.1. The predicted octanol–water partition coefficient (Wildman–Crippen LogP) is 3.17. The fourth-order valence-electron chi connectivity index (χ4n) is 3.00. The molecule has 3 aromatic rings. The SMILES string of the molecule is O=C(N/N=C/C(=O)c1ccccc1)/C(=C\c1ccc2c(c1)OCO2)NC(=O)c1ccccc1. The molecule has 33 heavy (non-hydrogen) atoms. The minimum atomic E-state index is -0.700. The molecule has 0 aromatic heterocycles. The molecule has 0 atom stereocenters. The lowest BCUT2D eigenvalue weighted by atomic mass is 10.1. The highest BCUT2D eigenvalue weighted by atomic mass is 16.7. The number of hydrogen-bond donors (Lipinski definition) is 2. The van der Waals surface area contributed by atoms with Crippen LogP contribution < -0.4 is 20.2 Å². The van der Waals surface area contributed by atoms with Crippen molar-refractivity contribution in [2.75, 3.05) is 6.79 Å². The van der Waals surface area contributed by atoms with Crippen molar-refractivity contribution >= 4 is 29.9 Å². The first-order valence-electron chi connectivity index (χ1n) is 10.0. The van der Waals surface area contributed by atoms with Gasteiger partial charge in [-0.25, -0.2) is 5.43 Å². The van der Waals surface area contributed by atoms with Gasteiger partial charge in [0.25, 0.3) is 11.8 Å². The number of Topliss-reactive ketones (excluding diaryl/α,β-unsaturated/α-hetero) is 1. The van der Waals surface area contributed by atoms with Crippen molar-refractivity contribution in [3.63, 3.8) is 0 Å². The highest BCUT2D eigenvalue weighted by molar-refractivity contribution is 6.35. The minimum Gasteiger partial charge on any atom is -0.454 e. The molecule has 0 fully saturated rings. The summed E-state index contributed by atoms with van der Waals surface area (Å²) in [6, 6.07) is 22.1. The molecule has 0 bridgehead atoms. The Morgan fingerprint density at radius 2 is 1.48 bits per heavy atom. The number of fused-ring (bicyclic) bond motifs is 1. The zero-order valence-corrected chi connectivity index (χ0v) is 17.4. The van der Waals surface area contributed by atoms with Crippen LogP contribution in [0.5, 0.6) is 11.5 Å². The molecule has 4 rings (SSSR count). The molecule has 0 spiro atoms. The number of benzene rings is 3. The third-order valence-corrected chi connectivity index (χ3v) is 4.64. The lowest BCUT2D eigenvalue weighted by molar-refractivity contribution is -0.117. The Labute approximate surface area is 189 Å². The summed E-state index contributed by atoms with van der Waals surface area (Å²) in [5.41, 5.74) is 3.63. The number of rotatable bonds is 7. The van der Waals surface area contributed by atoms with Crippen LogP contribution in [0.4, 0.5) is 0 Å². The number of nitrogens with zero attached hydrogens (tertiary/aromatic N) is 1. The van der Waals surface area contributed by atoms with Gasteiger partial charge in [0.1, 0.15) is 5.70 Å². The number of ether oxygens (including phenoxy) is 2. The van der Waals surface area contributed by atoms with Crippen molar-refractivity contribution in [2.45, 2.75) is 0 Å². The van der Waals surface area contributed by atoms with Gasteiger partial charge < -0.3 is 14.8 Å². The highest BCUT2D eigenvalue weighted by Crippen LogP contribution is 2.33. The summed E-state index contributed by atoms with van der Waals surface area (Å²) in [5.74, 6) is -0.415. The Balaban J connectivity index is 1.53. The fraction of sp³-hybridized carbons (Fsp3) is 0.0400. The zero-order chi connectivity index (χ0) is 23.0. The zero-order valence-electron chi connectivity index (χ0n) is 17.4. The summed E-state index contributed by atoms with van der Waals surface area (Å²) in [7, 11) is 0. The van der Waals surface area contributed by atoms with Crippen LogP contribution in [-0.2, 0) is 4.79 Å². The van der Waals surface area contributed by atoms with Crippen LogP contribution >= 0.6 is 0 Å². The van der Waals surface area contributed by atoms with E-state index in [-0.39, 0.29) is 18.3 Å². The van der Waals surface area contributed by atoms with Gasteiger partial charge in [-0.2, -0.15) is 5.10 Å². The maximum atomic E-state index is 12.8. The molecule has 0 aliphatic carbocycles. The van der Waals surface area contributed by atoms with Crippen molar-refractivity contribution in [3.8, 4) is 11.5 Å². The van der Waals surface area contributed by atoms with Crippen LogP contribution in [-0.4, -0.2) is 30.6 Å². The number of amides is 2. The van der Waals surface area contributed by atoms with Crippen LogP contribution in [0.25, 0.3) is 6.08 Å². The van der Waals surface area contributed by atoms with Crippen LogP contribution in [0.2, 0.25) is 0 Å². The van der Waals surface area contributed by atoms with Crippen molar-refractivity contribution < 1.29 is 23.9 Å². The minimum absolute atomic E-state index is 0.0629. The Morgan fingerprint density at radius 3 is 2.21 bits per heavy atom. The first-order valence-corrected chi connectivity index (χ1v) is 10.0. The second-order valence-corrected chi connectivity index (χ2v) is 6.92. The standard InChI is InChI=1S/C25H19N3O5/c29-21(18-7-3-1-4-8-18)15-26-28-25(31)20(27-24(30)19-9-5-2-6-10-19)13-17-11-12-22-23(14-17)33-16-32-22/h1-15H,16H2,(H,27,30)(H,28,31)/b20-13+,26-15+. The predicted molar refractivity (Wildman–Crippen MR) is 122 cm³/mol. The topological polar surface area (TPSA) is 106 Å². The van der Waals surface area contributed by atoms with Gasteiger partial charge in [-0.1, -0.05) is 54.6 Å². The summed E-state index contributed by atoms with van der Waals surface area (Å²) in [6.45, 7) is 0.116. The molecule has 1 heterocycles. The number of ketones is 1. The molecule has 2 amide bonds. The average Bonchev–Trinajstić information content (AvgIpc) is 3.32. The highest BCUT2D eigenvalue weighted by Gasteiger charge is 2.17. The Bertz CT molecular complexity index is 1240. The molecule has 0 saturated heterocycles. The largest absolute Gasteiger partial charge is 0.454 e. The molecule has 0 unspecified atom stereocenters. The maximum absolute atomic E-state index is 12.8. The van der Waals surface area contributed by atoms with Crippen molar-refractivity contribution in [1.82, 2.24) is 10.7 Å². The molecule has 8 nitrogen and oxygen atoms in total. The maximum Gasteiger partial charge on any atom is 0.287 e. The van der Waals surface area contributed by atoms with Gasteiger partial charge in [-0.15, -0.1) is 0 Å². The van der Waals surface area contributed by atoms with Gasteiger partial charge in [0.2, 0.25) is 12.6 Å². The van der Waals surface area contributed by atoms with E-state index >= 15 is 0 Å². The average molecular weight is 441 g/mol. The number of nitrogens with one attached hydrogen (secondary N) is 2. The van der Waals surface area contributed by atoms with Gasteiger partial charge >= 0.3 is 0 Å². The van der Waals surface area contributed by atoms with Gasteiger partial charge in [-0.05, 0) is 35.9 Å². The summed E-state index contributed by atoms with van der Waals surface area (Å²) in [5, 5.41) is 6.34. The van der Waals surface area contributed by atoms with Gasteiger partial charge in [0, 0.05) is 11.1 Å². The quantitative estimate of drug-likeness (QED) is 0.254. The van der Waals surface area contributed by atoms with Gasteiger partial charge in [0.15, 0.2) is 11.5 Å². The van der Waals surface area contributed by atoms with E-state index in [0.717, 1.165) is 6.21 Å². The van der Waals surface area contributed by atoms with E-state index in [0.29, 0.717) is 28.2 Å². The van der Waals surface area contributed by atoms with E-state index in [4.69, 9.17) is 9.47 Å². The third-order valence-electron chi connectivity index (χ3n) is 4.64. The Kier molecular flexibility index (Phi) is 6.56. The van der Waals surface area contributed by atoms with Crippen molar-refractivity contribution in [3.05, 3.63) is 101 Å². The number of carbonyl (C=O) groups is 3. The van der Waals surface area contributed by atoms with Crippen LogP contribution in [0.15, 0.2) is 89.7 Å². The molecular formula is C25H19N3O5. The van der Waals surface area contributed by atoms with E-state index < -0.39 is 11.8 Å². The Morgan fingerprint density at radius 1 is 0.818 bits per heavy atom. The fourth-order valence-corrected chi connectivity index (χ4v) is 3.00. The lowest BCUT2D eigenvalue weighted by Gasteiger charge is -2.09. The second kappa shape index (κ2) is 10.1. The number of hydrogen-bond acceptors (Lipinski definition) is 6. The van der Waals surface area contributed by atoms with Crippen LogP contribution in [0, 0.1) is 0 Å². The molecule has 0 radical (unpaired) electrons. The summed E-state index contributed by atoms with van der Waals surface area (Å²) in [4.78, 5) is 37.6. The van der Waals surface area contributed by atoms with E-state index in [1.54, 1.807) is 78.9 Å². The molecule has 1 aliphatic rings. The summed E-state index contributed by atoms with van der Waals surface area (Å²) < 4.78 is 10.7.